The van der Waals surface area contributed by atoms with E-state index >= 15 is 0 Å². The number of pyridine rings is 1. The molecule has 0 radical (unpaired) electrons. The molecular formula is C16H22ClN3O. The zero-order valence-corrected chi connectivity index (χ0v) is 13.0. The Morgan fingerprint density at radius 1 is 1.43 bits per heavy atom. The van der Waals surface area contributed by atoms with Crippen molar-refractivity contribution in [3.8, 4) is 0 Å². The number of nitrogens with zero attached hydrogens (tertiary/aromatic N) is 2. The Hall–Kier alpha value is -1.32. The summed E-state index contributed by atoms with van der Waals surface area (Å²) < 4.78 is 0. The van der Waals surface area contributed by atoms with Crippen LogP contribution in [0.3, 0.4) is 0 Å². The topological polar surface area (TPSA) is 37.4 Å². The van der Waals surface area contributed by atoms with Crippen molar-refractivity contribution in [1.82, 2.24) is 15.4 Å². The highest BCUT2D eigenvalue weighted by Crippen LogP contribution is 2.08. The van der Waals surface area contributed by atoms with Gasteiger partial charge in [-0.2, -0.15) is 0 Å². The van der Waals surface area contributed by atoms with E-state index in [-0.39, 0.29) is 0 Å². The number of nitrogens with one attached hydrogen (secondary N) is 1. The average Bonchev–Trinajstić information content (AvgIpc) is 2.54. The van der Waals surface area contributed by atoms with Gasteiger partial charge in [0.2, 0.25) is 0 Å². The van der Waals surface area contributed by atoms with Gasteiger partial charge in [-0.15, -0.1) is 0 Å². The molecule has 1 saturated heterocycles. The molecular weight excluding hydrogens is 286 g/mol. The molecule has 0 aromatic carbocycles. The third-order valence-corrected chi connectivity index (χ3v) is 3.57. The minimum Gasteiger partial charge on any atom is -0.303 e. The van der Waals surface area contributed by atoms with Gasteiger partial charge in [-0.1, -0.05) is 29.8 Å². The fraction of sp³-hybridized carbons (Fsp3) is 0.500. The second kappa shape index (κ2) is 9.59. The molecule has 5 heteroatoms. The lowest BCUT2D eigenvalue weighted by Gasteiger charge is -2.26. The van der Waals surface area contributed by atoms with Crippen LogP contribution in [0, 0.1) is 0 Å². The van der Waals surface area contributed by atoms with Crippen LogP contribution in [0.15, 0.2) is 35.4 Å². The van der Waals surface area contributed by atoms with E-state index in [4.69, 9.17) is 16.4 Å². The maximum atomic E-state index is 5.97. The van der Waals surface area contributed by atoms with E-state index < -0.39 is 0 Å². The van der Waals surface area contributed by atoms with Crippen molar-refractivity contribution in [3.63, 3.8) is 0 Å². The van der Waals surface area contributed by atoms with Crippen LogP contribution >= 0.6 is 11.6 Å². The summed E-state index contributed by atoms with van der Waals surface area (Å²) >= 11 is 5.97. The van der Waals surface area contributed by atoms with E-state index in [1.165, 1.54) is 32.4 Å². The first-order chi connectivity index (χ1) is 10.3. The van der Waals surface area contributed by atoms with Gasteiger partial charge in [0.15, 0.2) is 5.16 Å². The molecule has 0 spiro atoms. The van der Waals surface area contributed by atoms with Crippen molar-refractivity contribution >= 4 is 17.7 Å². The summed E-state index contributed by atoms with van der Waals surface area (Å²) in [5.41, 5.74) is 6.55. The lowest BCUT2D eigenvalue weighted by atomic mass is 10.1. The van der Waals surface area contributed by atoms with Crippen LogP contribution < -0.4 is 5.48 Å². The van der Waals surface area contributed by atoms with Crippen LogP contribution in [-0.2, 0) is 4.84 Å². The fourth-order valence-corrected chi connectivity index (χ4v) is 2.40. The lowest BCUT2D eigenvalue weighted by Crippen LogP contribution is -2.31. The van der Waals surface area contributed by atoms with Gasteiger partial charge in [0.1, 0.15) is 0 Å². The highest BCUT2D eigenvalue weighted by atomic mass is 35.5. The van der Waals surface area contributed by atoms with Crippen LogP contribution in [0.1, 0.15) is 31.2 Å². The maximum Gasteiger partial charge on any atom is 0.169 e. The van der Waals surface area contributed by atoms with Gasteiger partial charge < -0.3 is 4.90 Å². The Morgan fingerprint density at radius 3 is 3.05 bits per heavy atom. The molecule has 2 rings (SSSR count). The molecule has 0 atom stereocenters. The number of likely N-dealkylation sites (tertiary alicyclic amines) is 1. The normalized spacial score (nSPS) is 15.3. The Labute approximate surface area is 131 Å². The molecule has 0 aliphatic carbocycles. The Balaban J connectivity index is 1.60. The molecule has 0 bridgehead atoms. The number of hydrogen-bond acceptors (Lipinski definition) is 4. The Morgan fingerprint density at radius 2 is 2.29 bits per heavy atom. The van der Waals surface area contributed by atoms with E-state index in [1.54, 1.807) is 18.5 Å². The highest BCUT2D eigenvalue weighted by Gasteiger charge is 2.08. The molecule has 0 saturated carbocycles. The quantitative estimate of drug-likeness (QED) is 0.363. The minimum absolute atomic E-state index is 0.344. The molecule has 0 unspecified atom stereocenters. The predicted octanol–water partition coefficient (Wildman–Crippen LogP) is 3.17. The molecule has 1 aliphatic heterocycles. The van der Waals surface area contributed by atoms with E-state index in [0.29, 0.717) is 11.8 Å². The summed E-state index contributed by atoms with van der Waals surface area (Å²) in [6.07, 6.45) is 10.3. The van der Waals surface area contributed by atoms with Gasteiger partial charge in [-0.05, 0) is 44.5 Å². The molecule has 1 aromatic heterocycles. The monoisotopic (exact) mass is 307 g/mol. The second-order valence-electron chi connectivity index (χ2n) is 5.10. The zero-order chi connectivity index (χ0) is 14.8. The van der Waals surface area contributed by atoms with Gasteiger partial charge in [-0.25, -0.2) is 5.48 Å². The molecule has 21 heavy (non-hydrogen) atoms. The Bertz CT molecular complexity index is 466. The van der Waals surface area contributed by atoms with Gasteiger partial charge >= 0.3 is 0 Å². The van der Waals surface area contributed by atoms with E-state index in [9.17, 15) is 0 Å². The summed E-state index contributed by atoms with van der Waals surface area (Å²) in [4.78, 5) is 11.8. The number of hydrogen-bond donors (Lipinski definition) is 1. The first-order valence-electron chi connectivity index (χ1n) is 7.47. The Kier molecular flexibility index (Phi) is 7.33. The number of aromatic nitrogens is 1. The summed E-state index contributed by atoms with van der Waals surface area (Å²) in [5.74, 6) is 0. The van der Waals surface area contributed by atoms with Crippen LogP contribution in [-0.4, -0.2) is 36.1 Å². The fourth-order valence-electron chi connectivity index (χ4n) is 2.30. The smallest absolute Gasteiger partial charge is 0.169 e. The summed E-state index contributed by atoms with van der Waals surface area (Å²) in [7, 11) is 0. The van der Waals surface area contributed by atoms with Crippen molar-refractivity contribution in [2.45, 2.75) is 25.7 Å². The van der Waals surface area contributed by atoms with Gasteiger partial charge in [0, 0.05) is 24.5 Å². The largest absolute Gasteiger partial charge is 0.303 e. The molecule has 1 N–H and O–H groups in total. The number of rotatable bonds is 7. The van der Waals surface area contributed by atoms with Gasteiger partial charge in [-0.3, -0.25) is 9.82 Å². The second-order valence-corrected chi connectivity index (χ2v) is 5.47. The number of halogens is 1. The summed E-state index contributed by atoms with van der Waals surface area (Å²) in [5, 5.41) is 0.344. The van der Waals surface area contributed by atoms with Crippen molar-refractivity contribution in [2.24, 2.45) is 0 Å². The van der Waals surface area contributed by atoms with Crippen LogP contribution in [0.2, 0.25) is 0 Å². The molecule has 114 valence electrons. The predicted molar refractivity (Wildman–Crippen MR) is 85.6 cm³/mol. The van der Waals surface area contributed by atoms with Crippen molar-refractivity contribution in [1.29, 1.82) is 0 Å². The van der Waals surface area contributed by atoms with Crippen LogP contribution in [0.5, 0.6) is 0 Å². The van der Waals surface area contributed by atoms with E-state index in [0.717, 1.165) is 18.5 Å². The molecule has 1 aromatic rings. The van der Waals surface area contributed by atoms with Gasteiger partial charge in [0.05, 0.1) is 6.61 Å². The van der Waals surface area contributed by atoms with Crippen molar-refractivity contribution in [3.05, 3.63) is 41.0 Å². The summed E-state index contributed by atoms with van der Waals surface area (Å²) in [6.45, 7) is 4.18. The number of hydroxylamine groups is 1. The third-order valence-electron chi connectivity index (χ3n) is 3.38. The van der Waals surface area contributed by atoms with E-state index in [2.05, 4.69) is 21.1 Å². The minimum atomic E-state index is 0.344. The molecule has 0 amide bonds. The molecule has 2 heterocycles. The highest BCUT2D eigenvalue weighted by molar-refractivity contribution is 6.29. The molecule has 1 aliphatic rings. The number of piperidine rings is 1. The third kappa shape index (κ3) is 6.78. The van der Waals surface area contributed by atoms with Crippen LogP contribution in [0.4, 0.5) is 0 Å². The lowest BCUT2D eigenvalue weighted by molar-refractivity contribution is 0.0589. The SMILES string of the molecule is ClC(=C=Cc1cccnc1)NOCCCN1CCCCC1. The molecule has 4 nitrogen and oxygen atoms in total. The average molecular weight is 308 g/mol. The first kappa shape index (κ1) is 16.1. The standard InChI is InChI=1S/C16H22ClN3O/c17-16(8-7-15-6-4-9-18-14-15)19-21-13-5-12-20-10-2-1-3-11-20/h4,6-7,9,14,19H,1-3,5,10-13H2. The van der Waals surface area contributed by atoms with Gasteiger partial charge in [0.25, 0.3) is 0 Å². The zero-order valence-electron chi connectivity index (χ0n) is 12.2. The van der Waals surface area contributed by atoms with Crippen molar-refractivity contribution in [2.75, 3.05) is 26.2 Å². The van der Waals surface area contributed by atoms with E-state index in [1.807, 2.05) is 12.1 Å². The molecule has 1 fully saturated rings. The van der Waals surface area contributed by atoms with Crippen molar-refractivity contribution < 1.29 is 4.84 Å². The summed E-state index contributed by atoms with van der Waals surface area (Å²) in [6, 6.07) is 3.80. The first-order valence-corrected chi connectivity index (χ1v) is 7.85. The maximum absolute atomic E-state index is 5.97. The van der Waals surface area contributed by atoms with Crippen LogP contribution in [0.25, 0.3) is 6.08 Å².